The molecule has 0 bridgehead atoms. The molecule has 1 saturated heterocycles. The number of hydrogen-bond acceptors (Lipinski definition) is 4. The van der Waals surface area contributed by atoms with Crippen molar-refractivity contribution in [2.75, 3.05) is 20.2 Å². The number of benzene rings is 1. The molecule has 1 amide bonds. The molecule has 22 heavy (non-hydrogen) atoms. The Hall–Kier alpha value is -1.91. The molecule has 5 heteroatoms. The first-order valence-electron chi connectivity index (χ1n) is 7.66. The van der Waals surface area contributed by atoms with E-state index in [0.717, 1.165) is 24.3 Å². The summed E-state index contributed by atoms with van der Waals surface area (Å²) in [5.41, 5.74) is -0.457. The van der Waals surface area contributed by atoms with Crippen LogP contribution in [0.1, 0.15) is 33.6 Å². The van der Waals surface area contributed by atoms with Crippen molar-refractivity contribution in [2.45, 2.75) is 45.3 Å². The molecule has 0 radical (unpaired) electrons. The van der Waals surface area contributed by atoms with Gasteiger partial charge in [0.15, 0.2) is 11.5 Å². The molecule has 1 aromatic rings. The molecule has 0 atom stereocenters. The van der Waals surface area contributed by atoms with Gasteiger partial charge in [0, 0.05) is 25.9 Å². The van der Waals surface area contributed by atoms with Crippen LogP contribution in [0.15, 0.2) is 24.3 Å². The van der Waals surface area contributed by atoms with E-state index in [1.807, 2.05) is 45.0 Å². The van der Waals surface area contributed by atoms with Crippen LogP contribution in [-0.2, 0) is 4.74 Å². The van der Waals surface area contributed by atoms with Gasteiger partial charge in [-0.3, -0.25) is 0 Å². The highest BCUT2D eigenvalue weighted by Crippen LogP contribution is 2.29. The smallest absolute Gasteiger partial charge is 0.410 e. The Kier molecular flexibility index (Phi) is 5.16. The van der Waals surface area contributed by atoms with Crippen LogP contribution >= 0.6 is 0 Å². The molecule has 1 aliphatic heterocycles. The molecule has 0 N–H and O–H groups in total. The predicted octanol–water partition coefficient (Wildman–Crippen LogP) is 3.47. The zero-order valence-corrected chi connectivity index (χ0v) is 13.8. The van der Waals surface area contributed by atoms with Crippen molar-refractivity contribution in [3.05, 3.63) is 24.3 Å². The van der Waals surface area contributed by atoms with Crippen molar-refractivity contribution in [3.63, 3.8) is 0 Å². The Bertz CT molecular complexity index is 502. The molecular weight excluding hydrogens is 282 g/mol. The van der Waals surface area contributed by atoms with Crippen LogP contribution in [-0.4, -0.2) is 42.9 Å². The Morgan fingerprint density at radius 3 is 2.27 bits per heavy atom. The van der Waals surface area contributed by atoms with Crippen molar-refractivity contribution < 1.29 is 19.0 Å². The lowest BCUT2D eigenvalue weighted by atomic mass is 10.1. The van der Waals surface area contributed by atoms with Gasteiger partial charge in [-0.15, -0.1) is 0 Å². The number of para-hydroxylation sites is 2. The molecular formula is C17H25NO4. The second-order valence-corrected chi connectivity index (χ2v) is 6.44. The number of nitrogens with zero attached hydrogens (tertiary/aromatic N) is 1. The Morgan fingerprint density at radius 1 is 1.14 bits per heavy atom. The molecule has 1 heterocycles. The molecule has 1 fully saturated rings. The van der Waals surface area contributed by atoms with Crippen LogP contribution in [0, 0.1) is 0 Å². The van der Waals surface area contributed by atoms with E-state index >= 15 is 0 Å². The Balaban J connectivity index is 1.86. The maximum Gasteiger partial charge on any atom is 0.410 e. The summed E-state index contributed by atoms with van der Waals surface area (Å²) < 4.78 is 16.7. The van der Waals surface area contributed by atoms with E-state index in [4.69, 9.17) is 14.2 Å². The number of amides is 1. The summed E-state index contributed by atoms with van der Waals surface area (Å²) in [5, 5.41) is 0. The second-order valence-electron chi connectivity index (χ2n) is 6.44. The molecule has 122 valence electrons. The number of rotatable bonds is 3. The van der Waals surface area contributed by atoms with Crippen molar-refractivity contribution in [1.29, 1.82) is 0 Å². The van der Waals surface area contributed by atoms with Gasteiger partial charge in [-0.25, -0.2) is 4.79 Å². The number of methoxy groups -OCH3 is 1. The summed E-state index contributed by atoms with van der Waals surface area (Å²) in [5.74, 6) is 1.48. The van der Waals surface area contributed by atoms with Gasteiger partial charge in [-0.1, -0.05) is 12.1 Å². The lowest BCUT2D eigenvalue weighted by molar-refractivity contribution is 0.0124. The van der Waals surface area contributed by atoms with E-state index in [1.54, 1.807) is 12.0 Å². The van der Waals surface area contributed by atoms with E-state index in [1.165, 1.54) is 0 Å². The third kappa shape index (κ3) is 4.55. The largest absolute Gasteiger partial charge is 0.493 e. The molecule has 0 spiro atoms. The normalized spacial score (nSPS) is 16.3. The van der Waals surface area contributed by atoms with Gasteiger partial charge in [0.05, 0.1) is 7.11 Å². The Labute approximate surface area is 132 Å². The van der Waals surface area contributed by atoms with Crippen LogP contribution in [0.5, 0.6) is 11.5 Å². The Morgan fingerprint density at radius 2 is 1.73 bits per heavy atom. The maximum atomic E-state index is 12.0. The predicted molar refractivity (Wildman–Crippen MR) is 84.5 cm³/mol. The van der Waals surface area contributed by atoms with Crippen molar-refractivity contribution in [3.8, 4) is 11.5 Å². The summed E-state index contributed by atoms with van der Waals surface area (Å²) in [7, 11) is 1.63. The quantitative estimate of drug-likeness (QED) is 0.858. The third-order valence-electron chi connectivity index (χ3n) is 3.46. The molecule has 0 unspecified atom stereocenters. The molecule has 0 aliphatic carbocycles. The SMILES string of the molecule is COc1ccccc1OC1CCN(C(=O)OC(C)(C)C)CC1. The fourth-order valence-corrected chi connectivity index (χ4v) is 2.38. The number of carbonyl (C=O) groups is 1. The van der Waals surface area contributed by atoms with E-state index in [-0.39, 0.29) is 12.2 Å². The molecule has 5 nitrogen and oxygen atoms in total. The van der Waals surface area contributed by atoms with Gasteiger partial charge >= 0.3 is 6.09 Å². The van der Waals surface area contributed by atoms with Crippen molar-refractivity contribution in [2.24, 2.45) is 0 Å². The summed E-state index contributed by atoms with van der Waals surface area (Å²) >= 11 is 0. The number of ether oxygens (including phenoxy) is 3. The van der Waals surface area contributed by atoms with Crippen LogP contribution in [0.25, 0.3) is 0 Å². The van der Waals surface area contributed by atoms with Gasteiger partial charge in [-0.2, -0.15) is 0 Å². The average Bonchev–Trinajstić information content (AvgIpc) is 2.47. The molecule has 0 aromatic heterocycles. The van der Waals surface area contributed by atoms with Gasteiger partial charge in [0.2, 0.25) is 0 Å². The van der Waals surface area contributed by atoms with E-state index in [0.29, 0.717) is 13.1 Å². The first-order chi connectivity index (χ1) is 10.4. The monoisotopic (exact) mass is 307 g/mol. The average molecular weight is 307 g/mol. The summed E-state index contributed by atoms with van der Waals surface area (Å²) in [4.78, 5) is 13.8. The zero-order chi connectivity index (χ0) is 16.2. The minimum absolute atomic E-state index is 0.0926. The topological polar surface area (TPSA) is 48.0 Å². The molecule has 2 rings (SSSR count). The summed E-state index contributed by atoms with van der Waals surface area (Å²) in [6.45, 7) is 6.93. The zero-order valence-electron chi connectivity index (χ0n) is 13.8. The number of hydrogen-bond donors (Lipinski definition) is 0. The van der Waals surface area contributed by atoms with Crippen LogP contribution in [0.4, 0.5) is 4.79 Å². The van der Waals surface area contributed by atoms with Crippen LogP contribution in [0.2, 0.25) is 0 Å². The standard InChI is InChI=1S/C17H25NO4/c1-17(2,3)22-16(19)18-11-9-13(10-12-18)21-15-8-6-5-7-14(15)20-4/h5-8,13H,9-12H2,1-4H3. The first kappa shape index (κ1) is 16.5. The molecule has 1 aliphatic rings. The van der Waals surface area contributed by atoms with Gasteiger partial charge in [-0.05, 0) is 32.9 Å². The number of carbonyl (C=O) groups excluding carboxylic acids is 1. The van der Waals surface area contributed by atoms with Gasteiger partial charge in [0.1, 0.15) is 11.7 Å². The fourth-order valence-electron chi connectivity index (χ4n) is 2.38. The summed E-state index contributed by atoms with van der Waals surface area (Å²) in [6.07, 6.45) is 1.42. The molecule has 1 aromatic carbocycles. The molecule has 0 saturated carbocycles. The van der Waals surface area contributed by atoms with E-state index in [2.05, 4.69) is 0 Å². The number of piperidine rings is 1. The van der Waals surface area contributed by atoms with Gasteiger partial charge in [0.25, 0.3) is 0 Å². The van der Waals surface area contributed by atoms with Crippen molar-refractivity contribution in [1.82, 2.24) is 4.90 Å². The maximum absolute atomic E-state index is 12.0. The second kappa shape index (κ2) is 6.90. The highest BCUT2D eigenvalue weighted by molar-refractivity contribution is 5.68. The van der Waals surface area contributed by atoms with Crippen molar-refractivity contribution >= 4 is 6.09 Å². The van der Waals surface area contributed by atoms with Crippen LogP contribution < -0.4 is 9.47 Å². The minimum atomic E-state index is -0.457. The third-order valence-corrected chi connectivity index (χ3v) is 3.46. The summed E-state index contributed by atoms with van der Waals surface area (Å²) in [6, 6.07) is 7.62. The number of likely N-dealkylation sites (tertiary alicyclic amines) is 1. The van der Waals surface area contributed by atoms with E-state index in [9.17, 15) is 4.79 Å². The lowest BCUT2D eigenvalue weighted by Crippen LogP contribution is -2.44. The van der Waals surface area contributed by atoms with E-state index < -0.39 is 5.60 Å². The first-order valence-corrected chi connectivity index (χ1v) is 7.66. The highest BCUT2D eigenvalue weighted by Gasteiger charge is 2.27. The van der Waals surface area contributed by atoms with Gasteiger partial charge < -0.3 is 19.1 Å². The van der Waals surface area contributed by atoms with Crippen LogP contribution in [0.3, 0.4) is 0 Å². The highest BCUT2D eigenvalue weighted by atomic mass is 16.6. The fraction of sp³-hybridized carbons (Fsp3) is 0.588. The minimum Gasteiger partial charge on any atom is -0.493 e. The lowest BCUT2D eigenvalue weighted by Gasteiger charge is -2.33.